The van der Waals surface area contributed by atoms with Crippen LogP contribution < -0.4 is 22.3 Å². The van der Waals surface area contributed by atoms with E-state index in [-0.39, 0.29) is 23.0 Å². The summed E-state index contributed by atoms with van der Waals surface area (Å²) < 4.78 is 3.08. The molecule has 41 heavy (non-hydrogen) atoms. The minimum atomic E-state index is -0.635. The second-order valence-corrected chi connectivity index (χ2v) is 8.79. The molecule has 0 saturated heterocycles. The van der Waals surface area contributed by atoms with Crippen molar-refractivity contribution >= 4 is 34.1 Å². The number of carbonyl (C=O) groups excluding carboxylic acids is 2. The summed E-state index contributed by atoms with van der Waals surface area (Å²) in [6.07, 6.45) is 4.00. The molecule has 10 nitrogen and oxygen atoms in total. The van der Waals surface area contributed by atoms with Gasteiger partial charge in [-0.25, -0.2) is 9.50 Å². The number of amides is 2. The van der Waals surface area contributed by atoms with E-state index in [4.69, 9.17) is 11.5 Å². The predicted octanol–water partition coefficient (Wildman–Crippen LogP) is 3.01. The number of rotatable bonds is 6. The number of nitrogens with two attached hydrogens (primary N) is 2. The first-order chi connectivity index (χ1) is 19.8. The summed E-state index contributed by atoms with van der Waals surface area (Å²) in [5.74, 6) is 5.39. The van der Waals surface area contributed by atoms with Crippen molar-refractivity contribution in [3.05, 3.63) is 113 Å². The van der Waals surface area contributed by atoms with E-state index in [9.17, 15) is 14.4 Å². The minimum absolute atomic E-state index is 0.0644. The van der Waals surface area contributed by atoms with Crippen LogP contribution in [0.3, 0.4) is 0 Å². The highest BCUT2D eigenvalue weighted by Gasteiger charge is 2.15. The van der Waals surface area contributed by atoms with Gasteiger partial charge in [-0.3, -0.25) is 19.0 Å². The average Bonchev–Trinajstić information content (AvgIpc) is 3.33. The van der Waals surface area contributed by atoms with Crippen LogP contribution in [0.5, 0.6) is 0 Å². The number of benzene rings is 2. The molecule has 0 unspecified atom stereocenters. The Kier molecular flexibility index (Phi) is 8.92. The van der Waals surface area contributed by atoms with Crippen molar-refractivity contribution < 1.29 is 9.59 Å². The first-order valence-electron chi connectivity index (χ1n) is 12.9. The zero-order valence-corrected chi connectivity index (χ0v) is 22.5. The molecule has 0 radical (unpaired) electrons. The smallest absolute Gasteiger partial charge is 0.271 e. The van der Waals surface area contributed by atoms with E-state index in [0.29, 0.717) is 29.6 Å². The number of hydrogen-bond donors (Lipinski definition) is 3. The lowest BCUT2D eigenvalue weighted by molar-refractivity contribution is -0.116. The van der Waals surface area contributed by atoms with Gasteiger partial charge < -0.3 is 16.8 Å². The van der Waals surface area contributed by atoms with Crippen LogP contribution in [0.25, 0.3) is 22.1 Å². The molecule has 0 atom stereocenters. The van der Waals surface area contributed by atoms with E-state index >= 15 is 0 Å². The number of nitrogen functional groups attached to an aromatic ring is 1. The fourth-order valence-corrected chi connectivity index (χ4v) is 4.25. The van der Waals surface area contributed by atoms with E-state index in [1.165, 1.54) is 16.8 Å². The average molecular weight is 548 g/mol. The van der Waals surface area contributed by atoms with Gasteiger partial charge in [0.1, 0.15) is 0 Å². The lowest BCUT2D eigenvalue weighted by atomic mass is 10.0. The van der Waals surface area contributed by atoms with Gasteiger partial charge in [0.15, 0.2) is 17.2 Å². The standard InChI is InChI=1S/C24H22N2O2.C7H7N5O/c1-3-20-17-19-13-10-12-18(11-8-9-16-25-22(27)4-2)23(19)24(28)26(20)21-14-6-5-7-15-21;8-6-5(7(9)13)12-4(11-6)2-1-3-10-12/h4-7,10,12-15,17H,2-3,9,16H2,1H3,(H,25,27);1-3H,8H2,(H2,9,13). The van der Waals surface area contributed by atoms with Crippen molar-refractivity contribution in [3.63, 3.8) is 0 Å². The number of anilines is 1. The van der Waals surface area contributed by atoms with Crippen molar-refractivity contribution in [1.29, 1.82) is 0 Å². The molecule has 2 amide bonds. The third-order valence-corrected chi connectivity index (χ3v) is 6.11. The Balaban J connectivity index is 0.000000247. The van der Waals surface area contributed by atoms with Gasteiger partial charge in [0.05, 0.1) is 5.39 Å². The zero-order chi connectivity index (χ0) is 29.4. The Morgan fingerprint density at radius 3 is 2.59 bits per heavy atom. The van der Waals surface area contributed by atoms with Gasteiger partial charge in [-0.05, 0) is 54.3 Å². The van der Waals surface area contributed by atoms with Crippen LogP contribution in [0.1, 0.15) is 35.1 Å². The summed E-state index contributed by atoms with van der Waals surface area (Å²) in [5.41, 5.74) is 13.7. The van der Waals surface area contributed by atoms with Crippen molar-refractivity contribution in [2.45, 2.75) is 19.8 Å². The SMILES string of the molecule is C=CC(=O)NCCC#Cc1cccc2cc(CC)n(-c3ccccc3)c(=O)c12.NC(=O)c1c(N)nc2cccnn12. The first kappa shape index (κ1) is 28.3. The van der Waals surface area contributed by atoms with Crippen molar-refractivity contribution in [3.8, 4) is 17.5 Å². The summed E-state index contributed by atoms with van der Waals surface area (Å²) in [7, 11) is 0. The molecule has 5 rings (SSSR count). The summed E-state index contributed by atoms with van der Waals surface area (Å²) in [6.45, 7) is 5.90. The number of nitrogens with zero attached hydrogens (tertiary/aromatic N) is 4. The molecule has 2 aromatic carbocycles. The van der Waals surface area contributed by atoms with Gasteiger partial charge in [0.2, 0.25) is 5.91 Å². The van der Waals surface area contributed by atoms with Gasteiger partial charge in [-0.1, -0.05) is 55.7 Å². The lowest BCUT2D eigenvalue weighted by Crippen LogP contribution is -2.22. The third kappa shape index (κ3) is 6.32. The van der Waals surface area contributed by atoms with Crippen LogP contribution in [0, 0.1) is 11.8 Å². The van der Waals surface area contributed by atoms with Crippen LogP contribution in [0.2, 0.25) is 0 Å². The van der Waals surface area contributed by atoms with Crippen molar-refractivity contribution in [1.82, 2.24) is 24.5 Å². The van der Waals surface area contributed by atoms with Gasteiger partial charge in [-0.15, -0.1) is 0 Å². The van der Waals surface area contributed by atoms with Crippen LogP contribution >= 0.6 is 0 Å². The fraction of sp³-hybridized carbons (Fsp3) is 0.129. The van der Waals surface area contributed by atoms with Crippen molar-refractivity contribution in [2.75, 3.05) is 12.3 Å². The molecular formula is C31H29N7O3. The molecule has 5 N–H and O–H groups in total. The normalized spacial score (nSPS) is 10.3. The Morgan fingerprint density at radius 1 is 1.10 bits per heavy atom. The molecule has 0 aliphatic heterocycles. The number of hydrogen-bond acceptors (Lipinski definition) is 6. The number of pyridine rings is 1. The second kappa shape index (κ2) is 12.9. The third-order valence-electron chi connectivity index (χ3n) is 6.11. The molecule has 10 heteroatoms. The topological polar surface area (TPSA) is 150 Å². The molecular weight excluding hydrogens is 518 g/mol. The van der Waals surface area contributed by atoms with E-state index in [2.05, 4.69) is 39.9 Å². The van der Waals surface area contributed by atoms with Gasteiger partial charge in [0, 0.05) is 36.1 Å². The van der Waals surface area contributed by atoms with Crippen LogP contribution in [-0.4, -0.2) is 37.5 Å². The number of primary amides is 1. The molecule has 0 bridgehead atoms. The minimum Gasteiger partial charge on any atom is -0.382 e. The van der Waals surface area contributed by atoms with Crippen LogP contribution in [-0.2, 0) is 11.2 Å². The molecule has 3 heterocycles. The molecule has 0 aliphatic rings. The molecule has 0 aliphatic carbocycles. The highest BCUT2D eigenvalue weighted by Crippen LogP contribution is 2.19. The van der Waals surface area contributed by atoms with Gasteiger partial charge >= 0.3 is 0 Å². The number of fused-ring (bicyclic) bond motifs is 2. The Labute approximate surface area is 236 Å². The highest BCUT2D eigenvalue weighted by molar-refractivity contribution is 5.96. The van der Waals surface area contributed by atoms with Gasteiger partial charge in [0.25, 0.3) is 11.5 Å². The fourth-order valence-electron chi connectivity index (χ4n) is 4.25. The molecule has 206 valence electrons. The van der Waals surface area contributed by atoms with Crippen LogP contribution in [0.15, 0.2) is 90.4 Å². The van der Waals surface area contributed by atoms with E-state index < -0.39 is 5.91 Å². The monoisotopic (exact) mass is 547 g/mol. The van der Waals surface area contributed by atoms with E-state index in [1.54, 1.807) is 16.7 Å². The number of aryl methyl sites for hydroxylation is 1. The molecule has 0 fully saturated rings. The number of imidazole rings is 1. The number of nitrogens with one attached hydrogen (secondary N) is 1. The zero-order valence-electron chi connectivity index (χ0n) is 22.5. The van der Waals surface area contributed by atoms with Gasteiger partial charge in [-0.2, -0.15) is 5.10 Å². The summed E-state index contributed by atoms with van der Waals surface area (Å²) in [4.78, 5) is 39.4. The number of para-hydroxylation sites is 1. The van der Waals surface area contributed by atoms with Crippen LogP contribution in [0.4, 0.5) is 5.82 Å². The summed E-state index contributed by atoms with van der Waals surface area (Å²) in [6, 6.07) is 20.8. The first-order valence-corrected chi connectivity index (χ1v) is 12.9. The Bertz CT molecular complexity index is 1860. The summed E-state index contributed by atoms with van der Waals surface area (Å²) in [5, 5.41) is 8.09. The van der Waals surface area contributed by atoms with E-state index in [0.717, 1.165) is 23.2 Å². The maximum atomic E-state index is 13.4. The molecule has 0 saturated carbocycles. The van der Waals surface area contributed by atoms with E-state index in [1.807, 2.05) is 55.5 Å². The lowest BCUT2D eigenvalue weighted by Gasteiger charge is -2.14. The maximum Gasteiger partial charge on any atom is 0.271 e. The highest BCUT2D eigenvalue weighted by atomic mass is 16.2. The Hall–Kier alpha value is -5.69. The quantitative estimate of drug-likeness (QED) is 0.169. The predicted molar refractivity (Wildman–Crippen MR) is 160 cm³/mol. The second-order valence-electron chi connectivity index (χ2n) is 8.79. The largest absolute Gasteiger partial charge is 0.382 e. The maximum absolute atomic E-state index is 13.4. The van der Waals surface area contributed by atoms with Crippen molar-refractivity contribution in [2.24, 2.45) is 5.73 Å². The number of carbonyl (C=O) groups is 2. The summed E-state index contributed by atoms with van der Waals surface area (Å²) >= 11 is 0. The Morgan fingerprint density at radius 2 is 1.88 bits per heavy atom. The molecule has 0 spiro atoms. The number of aromatic nitrogens is 4. The molecule has 5 aromatic rings. The molecule has 3 aromatic heterocycles.